The van der Waals surface area contributed by atoms with Gasteiger partial charge in [-0.1, -0.05) is 18.2 Å². The molecule has 1 aliphatic heterocycles. The maximum atomic E-state index is 12.9. The molecular formula is C23H31N3O5S. The fraction of sp³-hybridized carbons (Fsp3) is 0.435. The number of rotatable bonds is 9. The number of carbonyl (C=O) groups is 1. The summed E-state index contributed by atoms with van der Waals surface area (Å²) < 4.78 is 38.6. The van der Waals surface area contributed by atoms with E-state index in [0.717, 1.165) is 5.75 Å². The van der Waals surface area contributed by atoms with Gasteiger partial charge in [0.25, 0.3) is 0 Å². The normalized spacial score (nSPS) is 19.6. The Balaban J connectivity index is 1.48. The highest BCUT2D eigenvalue weighted by atomic mass is 32.2. The van der Waals surface area contributed by atoms with E-state index in [0.29, 0.717) is 31.9 Å². The molecule has 174 valence electrons. The molecule has 0 radical (unpaired) electrons. The lowest BCUT2D eigenvalue weighted by Crippen LogP contribution is -2.48. The lowest BCUT2D eigenvalue weighted by Gasteiger charge is -2.34. The van der Waals surface area contributed by atoms with Crippen LogP contribution in [0.3, 0.4) is 0 Å². The molecule has 0 aliphatic carbocycles. The van der Waals surface area contributed by atoms with Gasteiger partial charge in [-0.25, -0.2) is 8.42 Å². The van der Waals surface area contributed by atoms with Crippen LogP contribution in [0.25, 0.3) is 0 Å². The van der Waals surface area contributed by atoms with Crippen molar-refractivity contribution < 1.29 is 22.7 Å². The average Bonchev–Trinajstić information content (AvgIpc) is 2.74. The third-order valence-corrected chi connectivity index (χ3v) is 6.91. The number of likely N-dealkylation sites (N-methyl/N-ethyl adjacent to an activating group) is 1. The first kappa shape index (κ1) is 24.2. The Hall–Kier alpha value is -2.46. The third-order valence-electron chi connectivity index (χ3n) is 5.06. The van der Waals surface area contributed by atoms with E-state index in [1.807, 2.05) is 56.1 Å². The molecule has 0 bridgehead atoms. The summed E-state index contributed by atoms with van der Waals surface area (Å²) in [4.78, 5) is 14.4. The standard InChI is InChI=1S/C23H31N3O5S/c1-18-15-26(16-19(2)31-18)32(28,29)22-11-9-20(10-12-22)24-23(27)17-25(3)13-14-30-21-7-5-4-6-8-21/h4-12,18-19H,13-17H2,1-3H3,(H,24,27)/t18-,19+. The number of anilines is 1. The zero-order valence-corrected chi connectivity index (χ0v) is 19.5. The number of sulfonamides is 1. The molecule has 8 nitrogen and oxygen atoms in total. The van der Waals surface area contributed by atoms with Crippen LogP contribution in [0.15, 0.2) is 59.5 Å². The molecular weight excluding hydrogens is 430 g/mol. The van der Waals surface area contributed by atoms with Gasteiger partial charge in [0.15, 0.2) is 0 Å². The zero-order valence-electron chi connectivity index (χ0n) is 18.7. The van der Waals surface area contributed by atoms with Crippen molar-refractivity contribution >= 4 is 21.6 Å². The van der Waals surface area contributed by atoms with Crippen LogP contribution < -0.4 is 10.1 Å². The second-order valence-corrected chi connectivity index (χ2v) is 9.99. The summed E-state index contributed by atoms with van der Waals surface area (Å²) in [7, 11) is -1.77. The number of hydrogen-bond acceptors (Lipinski definition) is 6. The number of ether oxygens (including phenoxy) is 2. The Kier molecular flexibility index (Phi) is 8.25. The van der Waals surface area contributed by atoms with Gasteiger partial charge < -0.3 is 14.8 Å². The summed E-state index contributed by atoms with van der Waals surface area (Å²) in [6, 6.07) is 15.8. The summed E-state index contributed by atoms with van der Waals surface area (Å²) in [6.45, 7) is 5.64. The van der Waals surface area contributed by atoms with Gasteiger partial charge >= 0.3 is 0 Å². The van der Waals surface area contributed by atoms with Crippen molar-refractivity contribution in [1.82, 2.24) is 9.21 Å². The molecule has 1 aliphatic rings. The van der Waals surface area contributed by atoms with E-state index < -0.39 is 10.0 Å². The van der Waals surface area contributed by atoms with E-state index in [2.05, 4.69) is 5.32 Å². The average molecular weight is 462 g/mol. The first-order valence-electron chi connectivity index (χ1n) is 10.7. The van der Waals surface area contributed by atoms with Crippen molar-refractivity contribution in [2.45, 2.75) is 31.0 Å². The number of nitrogens with one attached hydrogen (secondary N) is 1. The van der Waals surface area contributed by atoms with E-state index in [4.69, 9.17) is 9.47 Å². The molecule has 3 rings (SSSR count). The monoisotopic (exact) mass is 461 g/mol. The lowest BCUT2D eigenvalue weighted by atomic mass is 10.3. The molecule has 1 heterocycles. The highest BCUT2D eigenvalue weighted by Crippen LogP contribution is 2.22. The van der Waals surface area contributed by atoms with E-state index in [1.165, 1.54) is 16.4 Å². The number of amides is 1. The molecule has 1 saturated heterocycles. The van der Waals surface area contributed by atoms with Gasteiger partial charge in [0, 0.05) is 25.3 Å². The number of hydrogen-bond donors (Lipinski definition) is 1. The van der Waals surface area contributed by atoms with E-state index in [1.54, 1.807) is 12.1 Å². The molecule has 1 fully saturated rings. The predicted octanol–water partition coefficient (Wildman–Crippen LogP) is 2.43. The van der Waals surface area contributed by atoms with Gasteiger partial charge in [-0.05, 0) is 57.3 Å². The SMILES string of the molecule is C[C@@H]1CN(S(=O)(=O)c2ccc(NC(=O)CN(C)CCOc3ccccc3)cc2)C[C@H](C)O1. The van der Waals surface area contributed by atoms with Gasteiger partial charge in [-0.2, -0.15) is 4.31 Å². The second kappa shape index (κ2) is 10.9. The van der Waals surface area contributed by atoms with Gasteiger partial charge in [0.2, 0.25) is 15.9 Å². The molecule has 0 aromatic heterocycles. The first-order chi connectivity index (χ1) is 15.2. The van der Waals surface area contributed by atoms with Gasteiger partial charge in [0.1, 0.15) is 12.4 Å². The molecule has 2 aromatic carbocycles. The molecule has 0 spiro atoms. The van der Waals surface area contributed by atoms with Crippen LogP contribution in [0, 0.1) is 0 Å². The fourth-order valence-electron chi connectivity index (χ4n) is 3.55. The van der Waals surface area contributed by atoms with E-state index in [-0.39, 0.29) is 29.6 Å². The number of morpholine rings is 1. The summed E-state index contributed by atoms with van der Waals surface area (Å²) >= 11 is 0. The summed E-state index contributed by atoms with van der Waals surface area (Å²) in [6.07, 6.45) is -0.302. The van der Waals surface area contributed by atoms with Crippen LogP contribution in [0.5, 0.6) is 5.75 Å². The van der Waals surface area contributed by atoms with Crippen molar-refractivity contribution in [1.29, 1.82) is 0 Å². The van der Waals surface area contributed by atoms with Crippen LogP contribution in [-0.2, 0) is 19.6 Å². The molecule has 0 saturated carbocycles. The minimum Gasteiger partial charge on any atom is -0.492 e. The Morgan fingerprint density at radius 2 is 1.72 bits per heavy atom. The highest BCUT2D eigenvalue weighted by Gasteiger charge is 2.32. The van der Waals surface area contributed by atoms with E-state index in [9.17, 15) is 13.2 Å². The number of para-hydroxylation sites is 1. The summed E-state index contributed by atoms with van der Waals surface area (Å²) in [5.41, 5.74) is 0.548. The van der Waals surface area contributed by atoms with Crippen molar-refractivity contribution in [3.05, 3.63) is 54.6 Å². The van der Waals surface area contributed by atoms with Crippen molar-refractivity contribution in [3.63, 3.8) is 0 Å². The van der Waals surface area contributed by atoms with Crippen LogP contribution in [0.4, 0.5) is 5.69 Å². The van der Waals surface area contributed by atoms with Gasteiger partial charge in [-0.3, -0.25) is 9.69 Å². The van der Waals surface area contributed by atoms with Crippen molar-refractivity contribution in [3.8, 4) is 5.75 Å². The maximum Gasteiger partial charge on any atom is 0.243 e. The first-order valence-corrected chi connectivity index (χ1v) is 12.1. The minimum absolute atomic E-state index is 0.151. The number of carbonyl (C=O) groups excluding carboxylic acids is 1. The van der Waals surface area contributed by atoms with Crippen LogP contribution in [-0.4, -0.2) is 75.6 Å². The van der Waals surface area contributed by atoms with Crippen LogP contribution in [0.1, 0.15) is 13.8 Å². The Morgan fingerprint density at radius 3 is 2.34 bits per heavy atom. The highest BCUT2D eigenvalue weighted by molar-refractivity contribution is 7.89. The third kappa shape index (κ3) is 6.77. The predicted molar refractivity (Wildman–Crippen MR) is 123 cm³/mol. The van der Waals surface area contributed by atoms with Crippen molar-refractivity contribution in [2.24, 2.45) is 0 Å². The van der Waals surface area contributed by atoms with Crippen LogP contribution >= 0.6 is 0 Å². The largest absolute Gasteiger partial charge is 0.492 e. The molecule has 1 N–H and O–H groups in total. The summed E-state index contributed by atoms with van der Waals surface area (Å²) in [5.74, 6) is 0.611. The number of nitrogens with zero attached hydrogens (tertiary/aromatic N) is 2. The molecule has 9 heteroatoms. The molecule has 2 aromatic rings. The topological polar surface area (TPSA) is 88.2 Å². The molecule has 32 heavy (non-hydrogen) atoms. The van der Waals surface area contributed by atoms with Gasteiger partial charge in [0.05, 0.1) is 23.6 Å². The fourth-order valence-corrected chi connectivity index (χ4v) is 5.14. The van der Waals surface area contributed by atoms with Crippen LogP contribution in [0.2, 0.25) is 0 Å². The van der Waals surface area contributed by atoms with Crippen molar-refractivity contribution in [2.75, 3.05) is 45.2 Å². The molecule has 0 unspecified atom stereocenters. The maximum absolute atomic E-state index is 12.9. The zero-order chi connectivity index (χ0) is 23.1. The molecule has 2 atom stereocenters. The lowest BCUT2D eigenvalue weighted by molar-refractivity contribution is -0.117. The Labute approximate surface area is 190 Å². The molecule has 1 amide bonds. The quantitative estimate of drug-likeness (QED) is 0.617. The van der Waals surface area contributed by atoms with E-state index >= 15 is 0 Å². The Morgan fingerprint density at radius 1 is 1.09 bits per heavy atom. The summed E-state index contributed by atoms with van der Waals surface area (Å²) in [5, 5.41) is 2.80. The van der Waals surface area contributed by atoms with Gasteiger partial charge in [-0.15, -0.1) is 0 Å². The smallest absolute Gasteiger partial charge is 0.243 e. The Bertz CT molecular complexity index is 972. The minimum atomic E-state index is -3.61. The number of benzene rings is 2. The second-order valence-electron chi connectivity index (χ2n) is 8.05.